The van der Waals surface area contributed by atoms with Crippen LogP contribution in [-0.4, -0.2) is 38.6 Å². The molecule has 0 bridgehead atoms. The molecule has 1 saturated carbocycles. The maximum atomic E-state index is 11.8. The Labute approximate surface area is 165 Å². The van der Waals surface area contributed by atoms with Gasteiger partial charge in [-0.1, -0.05) is 22.0 Å². The highest BCUT2D eigenvalue weighted by molar-refractivity contribution is 9.10. The minimum Gasteiger partial charge on any atom is -0.371 e. The molecular weight excluding hydrogens is 413 g/mol. The average Bonchev–Trinajstić information content (AvgIpc) is 3.20. The lowest BCUT2D eigenvalue weighted by Gasteiger charge is -2.19. The van der Waals surface area contributed by atoms with E-state index < -0.39 is 0 Å². The van der Waals surface area contributed by atoms with Gasteiger partial charge in [-0.25, -0.2) is 0 Å². The van der Waals surface area contributed by atoms with Crippen LogP contribution in [0.5, 0.6) is 0 Å². The molecular formula is C17H26BrCl2N3O. The summed E-state index contributed by atoms with van der Waals surface area (Å²) in [6.45, 7) is 4.32. The average molecular weight is 439 g/mol. The van der Waals surface area contributed by atoms with Gasteiger partial charge in [-0.3, -0.25) is 4.79 Å². The van der Waals surface area contributed by atoms with Crippen LogP contribution in [0.15, 0.2) is 28.7 Å². The highest BCUT2D eigenvalue weighted by Crippen LogP contribution is 2.27. The first-order valence-electron chi connectivity index (χ1n) is 8.18. The van der Waals surface area contributed by atoms with Crippen molar-refractivity contribution >= 4 is 52.3 Å². The van der Waals surface area contributed by atoms with Crippen molar-refractivity contribution in [3.63, 3.8) is 0 Å². The zero-order chi connectivity index (χ0) is 15.4. The molecule has 2 fully saturated rings. The van der Waals surface area contributed by atoms with Crippen LogP contribution in [0.2, 0.25) is 0 Å². The molecule has 1 unspecified atom stereocenters. The first-order chi connectivity index (χ1) is 10.7. The number of nitrogens with zero attached hydrogens (tertiary/aromatic N) is 1. The molecule has 3 rings (SSSR count). The molecule has 2 N–H and O–H groups in total. The summed E-state index contributed by atoms with van der Waals surface area (Å²) in [5.74, 6) is 1.49. The number of carbonyl (C=O) groups is 1. The number of nitrogens with one attached hydrogen (secondary N) is 2. The van der Waals surface area contributed by atoms with Gasteiger partial charge in [-0.2, -0.15) is 0 Å². The lowest BCUT2D eigenvalue weighted by molar-refractivity contribution is -0.120. The molecule has 0 aromatic heterocycles. The van der Waals surface area contributed by atoms with Gasteiger partial charge in [-0.15, -0.1) is 24.8 Å². The number of anilines is 1. The summed E-state index contributed by atoms with van der Waals surface area (Å²) in [5, 5.41) is 6.30. The standard InChI is InChI=1S/C17H24BrN3O.2ClH/c18-15-2-1-3-16(8-15)21-7-6-14(12-21)10-20-17(22)11-19-9-13-4-5-13;;/h1-3,8,13-14,19H,4-7,9-12H2,(H,20,22);2*1H. The Balaban J connectivity index is 0.00000144. The van der Waals surface area contributed by atoms with Crippen molar-refractivity contribution in [2.75, 3.05) is 37.6 Å². The fraction of sp³-hybridized carbons (Fsp3) is 0.588. The molecule has 1 atom stereocenters. The second-order valence-corrected chi connectivity index (χ2v) is 7.37. The monoisotopic (exact) mass is 437 g/mol. The number of amides is 1. The molecule has 0 spiro atoms. The summed E-state index contributed by atoms with van der Waals surface area (Å²) in [4.78, 5) is 14.2. The summed E-state index contributed by atoms with van der Waals surface area (Å²) < 4.78 is 1.11. The summed E-state index contributed by atoms with van der Waals surface area (Å²) in [7, 11) is 0. The highest BCUT2D eigenvalue weighted by Gasteiger charge is 2.23. The van der Waals surface area contributed by atoms with Crippen LogP contribution in [0.25, 0.3) is 0 Å². The van der Waals surface area contributed by atoms with Crippen molar-refractivity contribution in [2.24, 2.45) is 11.8 Å². The zero-order valence-electron chi connectivity index (χ0n) is 13.7. The largest absolute Gasteiger partial charge is 0.371 e. The van der Waals surface area contributed by atoms with Gasteiger partial charge < -0.3 is 15.5 Å². The number of hydrogen-bond donors (Lipinski definition) is 2. The van der Waals surface area contributed by atoms with E-state index in [1.807, 2.05) is 6.07 Å². The van der Waals surface area contributed by atoms with Crippen molar-refractivity contribution in [3.8, 4) is 0 Å². The predicted octanol–water partition coefficient (Wildman–Crippen LogP) is 3.23. The summed E-state index contributed by atoms with van der Waals surface area (Å²) in [6.07, 6.45) is 3.78. The van der Waals surface area contributed by atoms with Gasteiger partial charge in [0, 0.05) is 29.8 Å². The second kappa shape index (κ2) is 10.5. The SMILES string of the molecule is Cl.Cl.O=C(CNCC1CC1)NCC1CCN(c2cccc(Br)c2)C1. The third kappa shape index (κ3) is 6.79. The van der Waals surface area contributed by atoms with Crippen LogP contribution < -0.4 is 15.5 Å². The summed E-state index contributed by atoms with van der Waals surface area (Å²) in [5.41, 5.74) is 1.26. The Morgan fingerprint density at radius 1 is 1.17 bits per heavy atom. The Morgan fingerprint density at radius 2 is 1.96 bits per heavy atom. The third-order valence-electron chi connectivity index (χ3n) is 4.46. The number of rotatable bonds is 7. The summed E-state index contributed by atoms with van der Waals surface area (Å²) in [6, 6.07) is 8.42. The lowest BCUT2D eigenvalue weighted by Crippen LogP contribution is -2.37. The fourth-order valence-electron chi connectivity index (χ4n) is 2.94. The molecule has 1 saturated heterocycles. The van der Waals surface area contributed by atoms with E-state index in [4.69, 9.17) is 0 Å². The van der Waals surface area contributed by atoms with Crippen LogP contribution in [0.1, 0.15) is 19.3 Å². The number of hydrogen-bond acceptors (Lipinski definition) is 3. The van der Waals surface area contributed by atoms with Crippen molar-refractivity contribution in [2.45, 2.75) is 19.3 Å². The Morgan fingerprint density at radius 3 is 2.67 bits per heavy atom. The van der Waals surface area contributed by atoms with Gasteiger partial charge in [0.05, 0.1) is 6.54 Å². The van der Waals surface area contributed by atoms with Gasteiger partial charge in [0.1, 0.15) is 0 Å². The van der Waals surface area contributed by atoms with E-state index in [0.29, 0.717) is 12.5 Å². The minimum absolute atomic E-state index is 0. The van der Waals surface area contributed by atoms with Crippen LogP contribution in [0.3, 0.4) is 0 Å². The molecule has 7 heteroatoms. The zero-order valence-corrected chi connectivity index (χ0v) is 16.9. The van der Waals surface area contributed by atoms with Gasteiger partial charge in [0.15, 0.2) is 0 Å². The van der Waals surface area contributed by atoms with E-state index >= 15 is 0 Å². The van der Waals surface area contributed by atoms with Crippen LogP contribution in [0, 0.1) is 11.8 Å². The van der Waals surface area contributed by atoms with Crippen LogP contribution >= 0.6 is 40.7 Å². The summed E-state index contributed by atoms with van der Waals surface area (Å²) >= 11 is 3.52. The van der Waals surface area contributed by atoms with E-state index in [2.05, 4.69) is 49.7 Å². The first kappa shape index (κ1) is 21.6. The smallest absolute Gasteiger partial charge is 0.233 e. The van der Waals surface area contributed by atoms with Crippen molar-refractivity contribution in [1.82, 2.24) is 10.6 Å². The third-order valence-corrected chi connectivity index (χ3v) is 4.96. The molecule has 4 nitrogen and oxygen atoms in total. The molecule has 24 heavy (non-hydrogen) atoms. The maximum Gasteiger partial charge on any atom is 0.233 e. The minimum atomic E-state index is 0. The van der Waals surface area contributed by atoms with E-state index in [1.54, 1.807) is 0 Å². The molecule has 136 valence electrons. The van der Waals surface area contributed by atoms with Crippen molar-refractivity contribution < 1.29 is 4.79 Å². The number of benzene rings is 1. The molecule has 1 amide bonds. The quantitative estimate of drug-likeness (QED) is 0.686. The fourth-order valence-corrected chi connectivity index (χ4v) is 3.33. The van der Waals surface area contributed by atoms with Gasteiger partial charge in [0.25, 0.3) is 0 Å². The molecule has 1 aliphatic carbocycles. The number of carbonyl (C=O) groups excluding carboxylic acids is 1. The van der Waals surface area contributed by atoms with E-state index in [-0.39, 0.29) is 30.7 Å². The molecule has 0 radical (unpaired) electrons. The predicted molar refractivity (Wildman–Crippen MR) is 108 cm³/mol. The first-order valence-corrected chi connectivity index (χ1v) is 8.98. The topological polar surface area (TPSA) is 44.4 Å². The van der Waals surface area contributed by atoms with Crippen molar-refractivity contribution in [3.05, 3.63) is 28.7 Å². The Hall–Kier alpha value is -0.490. The molecule has 2 aliphatic rings. The van der Waals surface area contributed by atoms with Gasteiger partial charge in [0.2, 0.25) is 5.91 Å². The van der Waals surface area contributed by atoms with Crippen molar-refractivity contribution in [1.29, 1.82) is 0 Å². The Kier molecular flexibility index (Phi) is 9.42. The number of halogens is 3. The van der Waals surface area contributed by atoms with Crippen LogP contribution in [-0.2, 0) is 4.79 Å². The van der Waals surface area contributed by atoms with Crippen LogP contribution in [0.4, 0.5) is 5.69 Å². The van der Waals surface area contributed by atoms with E-state index in [9.17, 15) is 4.79 Å². The molecule has 1 aliphatic heterocycles. The molecule has 1 aromatic rings. The van der Waals surface area contributed by atoms with Gasteiger partial charge in [-0.05, 0) is 55.8 Å². The Bertz CT molecular complexity index is 528. The highest BCUT2D eigenvalue weighted by atomic mass is 79.9. The lowest BCUT2D eigenvalue weighted by atomic mass is 10.1. The maximum absolute atomic E-state index is 11.8. The van der Waals surface area contributed by atoms with E-state index in [1.165, 1.54) is 18.5 Å². The molecule has 1 aromatic carbocycles. The van der Waals surface area contributed by atoms with Gasteiger partial charge >= 0.3 is 0 Å². The van der Waals surface area contributed by atoms with E-state index in [0.717, 1.165) is 43.0 Å². The normalized spacial score (nSPS) is 19.4. The second-order valence-electron chi connectivity index (χ2n) is 6.46. The molecule has 1 heterocycles.